The second-order valence-corrected chi connectivity index (χ2v) is 4.92. The van der Waals surface area contributed by atoms with Crippen LogP contribution >= 0.6 is 0 Å². The van der Waals surface area contributed by atoms with Crippen LogP contribution in [0.2, 0.25) is 0 Å². The third kappa shape index (κ3) is 2.09. The van der Waals surface area contributed by atoms with Crippen LogP contribution in [0.3, 0.4) is 0 Å². The lowest BCUT2D eigenvalue weighted by molar-refractivity contribution is 0.689. The summed E-state index contributed by atoms with van der Waals surface area (Å²) in [6, 6.07) is 8.51. The molecule has 0 saturated heterocycles. The quantitative estimate of drug-likeness (QED) is 0.875. The van der Waals surface area contributed by atoms with Crippen LogP contribution in [0.5, 0.6) is 0 Å². The summed E-state index contributed by atoms with van der Waals surface area (Å²) in [7, 11) is 0. The van der Waals surface area contributed by atoms with Gasteiger partial charge in [-0.2, -0.15) is 0 Å². The summed E-state index contributed by atoms with van der Waals surface area (Å²) < 4.78 is 0. The van der Waals surface area contributed by atoms with Crippen molar-refractivity contribution in [3.63, 3.8) is 0 Å². The Morgan fingerprint density at radius 1 is 1.18 bits per heavy atom. The number of nitrogens with zero attached hydrogens (tertiary/aromatic N) is 2. The maximum Gasteiger partial charge on any atom is 0.148 e. The molecule has 17 heavy (non-hydrogen) atoms. The van der Waals surface area contributed by atoms with Gasteiger partial charge >= 0.3 is 0 Å². The summed E-state index contributed by atoms with van der Waals surface area (Å²) in [6.07, 6.45) is 2.68. The van der Waals surface area contributed by atoms with Crippen molar-refractivity contribution in [3.05, 3.63) is 30.0 Å². The summed E-state index contributed by atoms with van der Waals surface area (Å²) in [4.78, 5) is 9.23. The number of hydrogen-bond donors (Lipinski definition) is 1. The molecule has 1 aromatic heterocycles. The monoisotopic (exact) mass is 227 g/mol. The Kier molecular flexibility index (Phi) is 2.46. The molecule has 1 aromatic carbocycles. The van der Waals surface area contributed by atoms with Crippen molar-refractivity contribution in [2.75, 3.05) is 5.32 Å². The minimum atomic E-state index is 0.504. The number of nitrogens with one attached hydrogen (secondary N) is 1. The standard InChI is InChI=1S/C14H17N3/c1-9(11-7-8-11)16-14-10(2)15-12-5-3-4-6-13(12)17-14/h3-6,9,11H,7-8H2,1-2H3,(H,16,17). The third-order valence-corrected chi connectivity index (χ3v) is 3.44. The van der Waals surface area contributed by atoms with Gasteiger partial charge in [-0.15, -0.1) is 0 Å². The average molecular weight is 227 g/mol. The van der Waals surface area contributed by atoms with Gasteiger partial charge in [-0.05, 0) is 44.7 Å². The fourth-order valence-corrected chi connectivity index (χ4v) is 2.15. The predicted octanol–water partition coefficient (Wildman–Crippen LogP) is 3.15. The van der Waals surface area contributed by atoms with Crippen LogP contribution in [0.15, 0.2) is 24.3 Å². The third-order valence-electron chi connectivity index (χ3n) is 3.44. The highest BCUT2D eigenvalue weighted by Crippen LogP contribution is 2.34. The molecule has 1 atom stereocenters. The molecule has 1 unspecified atom stereocenters. The Hall–Kier alpha value is -1.64. The Morgan fingerprint density at radius 2 is 1.82 bits per heavy atom. The molecular weight excluding hydrogens is 210 g/mol. The molecule has 1 N–H and O–H groups in total. The number of fused-ring (bicyclic) bond motifs is 1. The largest absolute Gasteiger partial charge is 0.366 e. The number of anilines is 1. The summed E-state index contributed by atoms with van der Waals surface area (Å²) in [6.45, 7) is 4.25. The molecule has 88 valence electrons. The Bertz CT molecular complexity index is 546. The van der Waals surface area contributed by atoms with E-state index in [9.17, 15) is 0 Å². The van der Waals surface area contributed by atoms with Crippen LogP contribution in [-0.2, 0) is 0 Å². The molecule has 0 bridgehead atoms. The highest BCUT2D eigenvalue weighted by molar-refractivity contribution is 5.76. The first kappa shape index (κ1) is 10.5. The number of benzene rings is 1. The van der Waals surface area contributed by atoms with Gasteiger partial charge in [0, 0.05) is 6.04 Å². The highest BCUT2D eigenvalue weighted by atomic mass is 15.0. The fourth-order valence-electron chi connectivity index (χ4n) is 2.15. The molecule has 2 aromatic rings. The van der Waals surface area contributed by atoms with Crippen LogP contribution in [0.25, 0.3) is 11.0 Å². The lowest BCUT2D eigenvalue weighted by Crippen LogP contribution is -2.19. The van der Waals surface area contributed by atoms with Gasteiger partial charge < -0.3 is 5.32 Å². The average Bonchev–Trinajstić information content (AvgIpc) is 3.14. The molecule has 0 radical (unpaired) electrons. The number of hydrogen-bond acceptors (Lipinski definition) is 3. The second-order valence-electron chi connectivity index (χ2n) is 4.92. The van der Waals surface area contributed by atoms with Gasteiger partial charge in [-0.3, -0.25) is 0 Å². The highest BCUT2D eigenvalue weighted by Gasteiger charge is 2.28. The molecule has 1 fully saturated rings. The number of para-hydroxylation sites is 2. The summed E-state index contributed by atoms with van der Waals surface area (Å²) in [5.41, 5.74) is 2.91. The SMILES string of the molecule is Cc1nc2ccccc2nc1NC(C)C1CC1. The van der Waals surface area contributed by atoms with Gasteiger partial charge in [0.2, 0.25) is 0 Å². The van der Waals surface area contributed by atoms with Crippen LogP contribution in [-0.4, -0.2) is 16.0 Å². The number of aromatic nitrogens is 2. The van der Waals surface area contributed by atoms with E-state index in [1.165, 1.54) is 12.8 Å². The van der Waals surface area contributed by atoms with E-state index in [1.54, 1.807) is 0 Å². The molecule has 0 amide bonds. The molecule has 3 nitrogen and oxygen atoms in total. The molecule has 0 spiro atoms. The van der Waals surface area contributed by atoms with E-state index in [0.29, 0.717) is 6.04 Å². The Morgan fingerprint density at radius 3 is 2.47 bits per heavy atom. The van der Waals surface area contributed by atoms with Crippen molar-refractivity contribution in [1.82, 2.24) is 9.97 Å². The second kappa shape index (κ2) is 3.99. The normalized spacial score (nSPS) is 17.1. The fraction of sp³-hybridized carbons (Fsp3) is 0.429. The van der Waals surface area contributed by atoms with Crippen LogP contribution in [0.1, 0.15) is 25.5 Å². The van der Waals surface area contributed by atoms with Crippen molar-refractivity contribution < 1.29 is 0 Å². The molecule has 1 saturated carbocycles. The zero-order chi connectivity index (χ0) is 11.8. The van der Waals surface area contributed by atoms with E-state index in [0.717, 1.165) is 28.5 Å². The molecule has 1 aliphatic carbocycles. The lowest BCUT2D eigenvalue weighted by Gasteiger charge is -2.15. The van der Waals surface area contributed by atoms with Gasteiger partial charge in [0.1, 0.15) is 5.82 Å². The Labute approximate surface area is 101 Å². The molecule has 3 rings (SSSR count). The van der Waals surface area contributed by atoms with E-state index in [1.807, 2.05) is 31.2 Å². The van der Waals surface area contributed by atoms with E-state index in [2.05, 4.69) is 22.2 Å². The van der Waals surface area contributed by atoms with Crippen LogP contribution in [0, 0.1) is 12.8 Å². The first-order chi connectivity index (χ1) is 8.24. The lowest BCUT2D eigenvalue weighted by atomic mass is 10.2. The minimum Gasteiger partial charge on any atom is -0.366 e. The van der Waals surface area contributed by atoms with Crippen molar-refractivity contribution in [2.24, 2.45) is 5.92 Å². The van der Waals surface area contributed by atoms with Gasteiger partial charge in [0.15, 0.2) is 0 Å². The zero-order valence-electron chi connectivity index (χ0n) is 10.3. The van der Waals surface area contributed by atoms with E-state index in [-0.39, 0.29) is 0 Å². The van der Waals surface area contributed by atoms with Crippen LogP contribution < -0.4 is 5.32 Å². The van der Waals surface area contributed by atoms with Gasteiger partial charge in [0.25, 0.3) is 0 Å². The maximum absolute atomic E-state index is 4.65. The molecule has 0 aliphatic heterocycles. The first-order valence-corrected chi connectivity index (χ1v) is 6.24. The van der Waals surface area contributed by atoms with E-state index >= 15 is 0 Å². The van der Waals surface area contributed by atoms with Crippen molar-refractivity contribution in [3.8, 4) is 0 Å². The smallest absolute Gasteiger partial charge is 0.148 e. The van der Waals surface area contributed by atoms with E-state index < -0.39 is 0 Å². The van der Waals surface area contributed by atoms with Crippen LogP contribution in [0.4, 0.5) is 5.82 Å². The van der Waals surface area contributed by atoms with E-state index in [4.69, 9.17) is 0 Å². The van der Waals surface area contributed by atoms with Crippen molar-refractivity contribution >= 4 is 16.9 Å². The maximum atomic E-state index is 4.65. The molecule has 3 heteroatoms. The first-order valence-electron chi connectivity index (χ1n) is 6.24. The van der Waals surface area contributed by atoms with Gasteiger partial charge in [-0.25, -0.2) is 9.97 Å². The summed E-state index contributed by atoms with van der Waals surface area (Å²) >= 11 is 0. The number of rotatable bonds is 3. The minimum absolute atomic E-state index is 0.504. The Balaban J connectivity index is 1.94. The molecular formula is C14H17N3. The van der Waals surface area contributed by atoms with Crippen molar-refractivity contribution in [1.29, 1.82) is 0 Å². The zero-order valence-corrected chi connectivity index (χ0v) is 10.3. The molecule has 1 aliphatic rings. The topological polar surface area (TPSA) is 37.8 Å². The predicted molar refractivity (Wildman–Crippen MR) is 70.1 cm³/mol. The molecule has 1 heterocycles. The summed E-state index contributed by atoms with van der Waals surface area (Å²) in [5, 5.41) is 3.49. The van der Waals surface area contributed by atoms with Crippen molar-refractivity contribution in [2.45, 2.75) is 32.7 Å². The van der Waals surface area contributed by atoms with Gasteiger partial charge in [-0.1, -0.05) is 12.1 Å². The van der Waals surface area contributed by atoms with Gasteiger partial charge in [0.05, 0.1) is 16.7 Å². The number of aryl methyl sites for hydroxylation is 1. The summed E-state index contributed by atoms with van der Waals surface area (Å²) in [5.74, 6) is 1.76.